The second-order valence-electron chi connectivity index (χ2n) is 5.41. The highest BCUT2D eigenvalue weighted by molar-refractivity contribution is 5.51. The van der Waals surface area contributed by atoms with Gasteiger partial charge in [-0.3, -0.25) is 0 Å². The van der Waals surface area contributed by atoms with Crippen LogP contribution in [0, 0.1) is 0 Å². The van der Waals surface area contributed by atoms with E-state index in [1.165, 1.54) is 0 Å². The summed E-state index contributed by atoms with van der Waals surface area (Å²) in [5.74, 6) is 1.23. The molecule has 1 aliphatic heterocycles. The number of fused-ring (bicyclic) bond motifs is 1. The van der Waals surface area contributed by atoms with Gasteiger partial charge in [0.1, 0.15) is 6.04 Å². The van der Waals surface area contributed by atoms with Crippen LogP contribution in [0.2, 0.25) is 0 Å². The van der Waals surface area contributed by atoms with E-state index in [2.05, 4.69) is 5.32 Å². The van der Waals surface area contributed by atoms with Crippen LogP contribution in [0.4, 0.5) is 0 Å². The van der Waals surface area contributed by atoms with E-state index >= 15 is 0 Å². The van der Waals surface area contributed by atoms with Gasteiger partial charge in [0, 0.05) is 17.5 Å². The Morgan fingerprint density at radius 1 is 1.00 bits per heavy atom. The Bertz CT molecular complexity index is 699. The lowest BCUT2D eigenvalue weighted by atomic mass is 9.89. The van der Waals surface area contributed by atoms with Crippen LogP contribution in [0.15, 0.2) is 30.3 Å². The maximum absolute atomic E-state index is 9.81. The van der Waals surface area contributed by atoms with Crippen molar-refractivity contribution < 1.29 is 25.0 Å². The minimum atomic E-state index is -0.0838. The van der Waals surface area contributed by atoms with E-state index in [1.807, 2.05) is 18.2 Å². The SMILES string of the molecule is COc1ccc([C@@H]2[NH2+]CCc3cc(O)c(O)cc32)cc1OC. The molecule has 0 unspecified atom stereocenters. The maximum atomic E-state index is 9.81. The van der Waals surface area contributed by atoms with Crippen molar-refractivity contribution in [2.24, 2.45) is 0 Å². The summed E-state index contributed by atoms with van der Waals surface area (Å²) >= 11 is 0. The molecule has 1 heterocycles. The maximum Gasteiger partial charge on any atom is 0.161 e. The summed E-state index contributed by atoms with van der Waals surface area (Å²) in [6.45, 7) is 0.927. The molecule has 5 nitrogen and oxygen atoms in total. The average molecular weight is 302 g/mol. The van der Waals surface area contributed by atoms with Gasteiger partial charge in [-0.05, 0) is 35.9 Å². The van der Waals surface area contributed by atoms with E-state index < -0.39 is 0 Å². The Morgan fingerprint density at radius 2 is 1.73 bits per heavy atom. The first-order valence-electron chi connectivity index (χ1n) is 7.24. The van der Waals surface area contributed by atoms with Gasteiger partial charge in [-0.25, -0.2) is 0 Å². The summed E-state index contributed by atoms with van der Waals surface area (Å²) in [6.07, 6.45) is 0.868. The summed E-state index contributed by atoms with van der Waals surface area (Å²) in [4.78, 5) is 0. The molecule has 4 N–H and O–H groups in total. The quantitative estimate of drug-likeness (QED) is 0.748. The molecule has 1 atom stereocenters. The monoisotopic (exact) mass is 302 g/mol. The lowest BCUT2D eigenvalue weighted by Gasteiger charge is -2.25. The molecule has 0 spiro atoms. The van der Waals surface area contributed by atoms with Crippen molar-refractivity contribution >= 4 is 0 Å². The minimum absolute atomic E-state index is 0.0632. The predicted molar refractivity (Wildman–Crippen MR) is 81.7 cm³/mol. The Kier molecular flexibility index (Phi) is 3.81. The zero-order valence-electron chi connectivity index (χ0n) is 12.7. The van der Waals surface area contributed by atoms with Gasteiger partial charge >= 0.3 is 0 Å². The van der Waals surface area contributed by atoms with Gasteiger partial charge < -0.3 is 25.0 Å². The molecule has 0 fully saturated rings. The van der Waals surface area contributed by atoms with Gasteiger partial charge in [0.25, 0.3) is 0 Å². The van der Waals surface area contributed by atoms with Crippen LogP contribution in [0.1, 0.15) is 22.7 Å². The first-order valence-corrected chi connectivity index (χ1v) is 7.24. The van der Waals surface area contributed by atoms with E-state index in [-0.39, 0.29) is 17.5 Å². The smallest absolute Gasteiger partial charge is 0.161 e. The summed E-state index contributed by atoms with van der Waals surface area (Å²) in [6, 6.07) is 9.22. The third kappa shape index (κ3) is 2.44. The van der Waals surface area contributed by atoms with Crippen LogP contribution < -0.4 is 14.8 Å². The first-order chi connectivity index (χ1) is 10.6. The van der Waals surface area contributed by atoms with Gasteiger partial charge in [-0.2, -0.15) is 0 Å². The second kappa shape index (κ2) is 5.77. The van der Waals surface area contributed by atoms with Crippen LogP contribution in [0.5, 0.6) is 23.0 Å². The van der Waals surface area contributed by atoms with Crippen molar-refractivity contribution in [2.45, 2.75) is 12.5 Å². The molecule has 3 rings (SSSR count). The number of phenolic OH excluding ortho intramolecular Hbond substituents is 2. The molecule has 0 saturated carbocycles. The van der Waals surface area contributed by atoms with Gasteiger partial charge in [-0.1, -0.05) is 0 Å². The number of quaternary nitrogens is 1. The Hall–Kier alpha value is -2.40. The number of phenols is 2. The third-order valence-electron chi connectivity index (χ3n) is 4.15. The predicted octanol–water partition coefficient (Wildman–Crippen LogP) is 1.32. The fraction of sp³-hybridized carbons (Fsp3) is 0.294. The van der Waals surface area contributed by atoms with Crippen LogP contribution in [0.25, 0.3) is 0 Å². The van der Waals surface area contributed by atoms with Gasteiger partial charge in [0.2, 0.25) is 0 Å². The highest BCUT2D eigenvalue weighted by Crippen LogP contribution is 2.36. The molecule has 2 aromatic carbocycles. The number of hydrogen-bond acceptors (Lipinski definition) is 4. The average Bonchev–Trinajstić information content (AvgIpc) is 2.54. The summed E-state index contributed by atoms with van der Waals surface area (Å²) in [5, 5.41) is 21.7. The number of nitrogens with two attached hydrogens (primary N) is 1. The van der Waals surface area contributed by atoms with Crippen LogP contribution in [0.3, 0.4) is 0 Å². The van der Waals surface area contributed by atoms with Crippen molar-refractivity contribution in [3.8, 4) is 23.0 Å². The molecule has 116 valence electrons. The fourth-order valence-corrected chi connectivity index (χ4v) is 3.04. The van der Waals surface area contributed by atoms with Crippen molar-refractivity contribution in [1.82, 2.24) is 0 Å². The third-order valence-corrected chi connectivity index (χ3v) is 4.15. The summed E-state index contributed by atoms with van der Waals surface area (Å²) in [5.41, 5.74) is 3.16. The van der Waals surface area contributed by atoms with Gasteiger partial charge in [0.15, 0.2) is 23.0 Å². The second-order valence-corrected chi connectivity index (χ2v) is 5.41. The molecule has 5 heteroatoms. The molecular formula is C17H20NO4+. The van der Waals surface area contributed by atoms with Crippen molar-refractivity contribution in [3.05, 3.63) is 47.0 Å². The Labute approximate surface area is 129 Å². The van der Waals surface area contributed by atoms with Crippen LogP contribution in [-0.2, 0) is 6.42 Å². The lowest BCUT2D eigenvalue weighted by molar-refractivity contribution is -0.690. The molecule has 2 aromatic rings. The van der Waals surface area contributed by atoms with Crippen molar-refractivity contribution in [3.63, 3.8) is 0 Å². The molecule has 0 aromatic heterocycles. The molecule has 0 aliphatic carbocycles. The number of aromatic hydroxyl groups is 2. The van der Waals surface area contributed by atoms with E-state index in [1.54, 1.807) is 26.4 Å². The number of rotatable bonds is 3. The van der Waals surface area contributed by atoms with Gasteiger partial charge in [0.05, 0.1) is 20.8 Å². The Balaban J connectivity index is 2.06. The van der Waals surface area contributed by atoms with Crippen LogP contribution >= 0.6 is 0 Å². The molecule has 1 aliphatic rings. The van der Waals surface area contributed by atoms with Gasteiger partial charge in [-0.15, -0.1) is 0 Å². The summed E-state index contributed by atoms with van der Waals surface area (Å²) < 4.78 is 10.6. The highest BCUT2D eigenvalue weighted by atomic mass is 16.5. The number of ether oxygens (including phenoxy) is 2. The number of methoxy groups -OCH3 is 2. The topological polar surface area (TPSA) is 75.5 Å². The molecular weight excluding hydrogens is 282 g/mol. The highest BCUT2D eigenvalue weighted by Gasteiger charge is 2.27. The standard InChI is InChI=1S/C17H19NO4/c1-21-15-4-3-11(8-16(15)22-2)17-12-9-14(20)13(19)7-10(12)5-6-18-17/h3-4,7-9,17-20H,5-6H2,1-2H3/p+1/t17-/m0/s1. The first kappa shape index (κ1) is 14.5. The van der Waals surface area contributed by atoms with E-state index in [0.29, 0.717) is 11.5 Å². The summed E-state index contributed by atoms with van der Waals surface area (Å²) in [7, 11) is 3.23. The normalized spacial score (nSPS) is 16.9. The van der Waals surface area contributed by atoms with E-state index in [9.17, 15) is 10.2 Å². The van der Waals surface area contributed by atoms with E-state index in [4.69, 9.17) is 9.47 Å². The molecule has 0 bridgehead atoms. The molecule has 22 heavy (non-hydrogen) atoms. The number of hydrogen-bond donors (Lipinski definition) is 3. The van der Waals surface area contributed by atoms with Crippen LogP contribution in [-0.4, -0.2) is 31.0 Å². The van der Waals surface area contributed by atoms with Crippen molar-refractivity contribution in [2.75, 3.05) is 20.8 Å². The lowest BCUT2D eigenvalue weighted by Crippen LogP contribution is -2.87. The largest absolute Gasteiger partial charge is 0.504 e. The molecule has 0 saturated heterocycles. The van der Waals surface area contributed by atoms with Crippen molar-refractivity contribution in [1.29, 1.82) is 0 Å². The molecule has 0 radical (unpaired) electrons. The minimum Gasteiger partial charge on any atom is -0.504 e. The zero-order chi connectivity index (χ0) is 15.7. The fourth-order valence-electron chi connectivity index (χ4n) is 3.04. The van der Waals surface area contributed by atoms with E-state index in [0.717, 1.165) is 29.7 Å². The Morgan fingerprint density at radius 3 is 2.45 bits per heavy atom. The number of benzene rings is 2. The zero-order valence-corrected chi connectivity index (χ0v) is 12.7. The molecule has 0 amide bonds.